The van der Waals surface area contributed by atoms with Gasteiger partial charge in [-0.3, -0.25) is 10.1 Å². The first-order chi connectivity index (χ1) is 9.56. The molecule has 108 valence electrons. The first kappa shape index (κ1) is 14.8. The fourth-order valence-electron chi connectivity index (χ4n) is 2.33. The summed E-state index contributed by atoms with van der Waals surface area (Å²) in [7, 11) is 0. The maximum absolute atomic E-state index is 11.8. The average molecular weight is 342 g/mol. The molecule has 2 amide bonds. The zero-order chi connectivity index (χ0) is 14.5. The minimum absolute atomic E-state index is 0.0690. The number of urea groups is 1. The molecule has 7 heteroatoms. The molecule has 1 fully saturated rings. The van der Waals surface area contributed by atoms with E-state index < -0.39 is 4.92 Å². The molecule has 1 aliphatic carbocycles. The van der Waals surface area contributed by atoms with E-state index in [0.29, 0.717) is 10.2 Å². The molecular formula is C13H16BrN3O3. The Morgan fingerprint density at radius 2 is 2.00 bits per heavy atom. The van der Waals surface area contributed by atoms with Crippen molar-refractivity contribution < 1.29 is 9.72 Å². The van der Waals surface area contributed by atoms with Gasteiger partial charge in [0.15, 0.2) is 0 Å². The first-order valence-corrected chi connectivity index (χ1v) is 7.37. The summed E-state index contributed by atoms with van der Waals surface area (Å²) in [5.74, 6) is 0. The van der Waals surface area contributed by atoms with Crippen LogP contribution in [0.5, 0.6) is 0 Å². The van der Waals surface area contributed by atoms with Gasteiger partial charge in [-0.05, 0) is 40.9 Å². The van der Waals surface area contributed by atoms with Crippen LogP contribution in [0, 0.1) is 10.1 Å². The van der Waals surface area contributed by atoms with Crippen LogP contribution in [-0.4, -0.2) is 17.0 Å². The molecule has 0 unspecified atom stereocenters. The van der Waals surface area contributed by atoms with Crippen molar-refractivity contribution >= 4 is 33.3 Å². The van der Waals surface area contributed by atoms with Gasteiger partial charge < -0.3 is 10.6 Å². The molecule has 0 atom stereocenters. The molecule has 0 bridgehead atoms. The molecule has 20 heavy (non-hydrogen) atoms. The van der Waals surface area contributed by atoms with Crippen molar-refractivity contribution in [2.75, 3.05) is 5.32 Å². The molecule has 1 aromatic carbocycles. The van der Waals surface area contributed by atoms with Crippen LogP contribution in [0.2, 0.25) is 0 Å². The second-order valence-electron chi connectivity index (χ2n) is 4.86. The third-order valence-corrected chi connectivity index (χ3v) is 4.01. The number of hydrogen-bond acceptors (Lipinski definition) is 3. The second kappa shape index (κ2) is 6.69. The van der Waals surface area contributed by atoms with Crippen LogP contribution in [0.3, 0.4) is 0 Å². The second-order valence-corrected chi connectivity index (χ2v) is 5.71. The van der Waals surface area contributed by atoms with Crippen molar-refractivity contribution in [1.29, 1.82) is 0 Å². The molecular weight excluding hydrogens is 326 g/mol. The van der Waals surface area contributed by atoms with Crippen LogP contribution < -0.4 is 10.6 Å². The van der Waals surface area contributed by atoms with E-state index in [2.05, 4.69) is 26.6 Å². The standard InChI is InChI=1S/C13H16BrN3O3/c14-11-7-6-10(8-12(11)17(19)20)16-13(18)15-9-4-2-1-3-5-9/h6-9H,1-5H2,(H2,15,16,18). The molecule has 2 N–H and O–H groups in total. The number of benzene rings is 1. The van der Waals surface area contributed by atoms with Gasteiger partial charge in [-0.1, -0.05) is 19.3 Å². The number of rotatable bonds is 3. The van der Waals surface area contributed by atoms with Crippen LogP contribution in [0.4, 0.5) is 16.2 Å². The lowest BCUT2D eigenvalue weighted by Gasteiger charge is -2.22. The number of halogens is 1. The lowest BCUT2D eigenvalue weighted by Crippen LogP contribution is -2.39. The topological polar surface area (TPSA) is 84.3 Å². The van der Waals surface area contributed by atoms with Gasteiger partial charge in [-0.25, -0.2) is 4.79 Å². The highest BCUT2D eigenvalue weighted by atomic mass is 79.9. The Morgan fingerprint density at radius 3 is 2.65 bits per heavy atom. The molecule has 0 heterocycles. The van der Waals surface area contributed by atoms with Gasteiger partial charge in [-0.15, -0.1) is 0 Å². The van der Waals surface area contributed by atoms with Gasteiger partial charge in [0.2, 0.25) is 0 Å². The van der Waals surface area contributed by atoms with E-state index in [-0.39, 0.29) is 17.8 Å². The number of carbonyl (C=O) groups excluding carboxylic acids is 1. The van der Waals surface area contributed by atoms with E-state index in [1.165, 1.54) is 12.5 Å². The normalized spacial score (nSPS) is 15.7. The Labute approximate surface area is 125 Å². The van der Waals surface area contributed by atoms with Crippen molar-refractivity contribution in [1.82, 2.24) is 5.32 Å². The van der Waals surface area contributed by atoms with Gasteiger partial charge in [0.1, 0.15) is 0 Å². The zero-order valence-corrected chi connectivity index (χ0v) is 12.5. The minimum Gasteiger partial charge on any atom is -0.335 e. The van der Waals surface area contributed by atoms with Crippen LogP contribution in [0.25, 0.3) is 0 Å². The summed E-state index contributed by atoms with van der Waals surface area (Å²) >= 11 is 3.11. The van der Waals surface area contributed by atoms with Gasteiger partial charge in [-0.2, -0.15) is 0 Å². The Morgan fingerprint density at radius 1 is 1.30 bits per heavy atom. The summed E-state index contributed by atoms with van der Waals surface area (Å²) in [6.45, 7) is 0. The Kier molecular flexibility index (Phi) is 4.94. The Balaban J connectivity index is 1.96. The fourth-order valence-corrected chi connectivity index (χ4v) is 2.72. The monoisotopic (exact) mass is 341 g/mol. The lowest BCUT2D eigenvalue weighted by molar-refractivity contribution is -0.385. The van der Waals surface area contributed by atoms with Crippen LogP contribution in [0.1, 0.15) is 32.1 Å². The molecule has 1 saturated carbocycles. The number of nitrogens with one attached hydrogen (secondary N) is 2. The summed E-state index contributed by atoms with van der Waals surface area (Å²) in [6.07, 6.45) is 5.48. The van der Waals surface area contributed by atoms with Crippen molar-refractivity contribution in [3.63, 3.8) is 0 Å². The van der Waals surface area contributed by atoms with Crippen molar-refractivity contribution in [2.24, 2.45) is 0 Å². The highest BCUT2D eigenvalue weighted by Crippen LogP contribution is 2.27. The summed E-state index contributed by atoms with van der Waals surface area (Å²) in [4.78, 5) is 22.2. The van der Waals surface area contributed by atoms with Crippen LogP contribution in [-0.2, 0) is 0 Å². The predicted molar refractivity (Wildman–Crippen MR) is 79.8 cm³/mol. The molecule has 0 aromatic heterocycles. The highest BCUT2D eigenvalue weighted by molar-refractivity contribution is 9.10. The van der Waals surface area contributed by atoms with E-state index >= 15 is 0 Å². The molecule has 1 aromatic rings. The summed E-state index contributed by atoms with van der Waals surface area (Å²) in [5.41, 5.74) is 0.341. The van der Waals surface area contributed by atoms with Crippen molar-refractivity contribution in [3.8, 4) is 0 Å². The highest BCUT2D eigenvalue weighted by Gasteiger charge is 2.17. The number of anilines is 1. The summed E-state index contributed by atoms with van der Waals surface area (Å²) < 4.78 is 0.390. The average Bonchev–Trinajstić information content (AvgIpc) is 2.41. The van der Waals surface area contributed by atoms with Gasteiger partial charge in [0.05, 0.1) is 9.40 Å². The van der Waals surface area contributed by atoms with Crippen LogP contribution in [0.15, 0.2) is 22.7 Å². The Hall–Kier alpha value is -1.63. The molecule has 0 aliphatic heterocycles. The number of hydrogen-bond donors (Lipinski definition) is 2. The van der Waals surface area contributed by atoms with E-state index in [1.54, 1.807) is 12.1 Å². The Bertz CT molecular complexity index is 516. The van der Waals surface area contributed by atoms with E-state index in [0.717, 1.165) is 25.7 Å². The third-order valence-electron chi connectivity index (χ3n) is 3.34. The lowest BCUT2D eigenvalue weighted by atomic mass is 9.96. The number of nitro benzene ring substituents is 1. The number of amides is 2. The maximum atomic E-state index is 11.8. The number of carbonyl (C=O) groups is 1. The third kappa shape index (κ3) is 3.93. The quantitative estimate of drug-likeness (QED) is 0.647. The van der Waals surface area contributed by atoms with Gasteiger partial charge in [0.25, 0.3) is 5.69 Å². The van der Waals surface area contributed by atoms with Gasteiger partial charge in [0, 0.05) is 17.8 Å². The molecule has 6 nitrogen and oxygen atoms in total. The first-order valence-electron chi connectivity index (χ1n) is 6.58. The molecule has 0 saturated heterocycles. The number of nitro groups is 1. The smallest absolute Gasteiger partial charge is 0.319 e. The van der Waals surface area contributed by atoms with E-state index in [9.17, 15) is 14.9 Å². The maximum Gasteiger partial charge on any atom is 0.319 e. The van der Waals surface area contributed by atoms with Crippen molar-refractivity contribution in [2.45, 2.75) is 38.1 Å². The largest absolute Gasteiger partial charge is 0.335 e. The molecule has 1 aliphatic rings. The fraction of sp³-hybridized carbons (Fsp3) is 0.462. The van der Waals surface area contributed by atoms with Crippen LogP contribution >= 0.6 is 15.9 Å². The molecule has 0 spiro atoms. The van der Waals surface area contributed by atoms with E-state index in [1.807, 2.05) is 0 Å². The number of nitrogens with zero attached hydrogens (tertiary/aromatic N) is 1. The zero-order valence-electron chi connectivity index (χ0n) is 10.9. The minimum atomic E-state index is -0.492. The SMILES string of the molecule is O=C(Nc1ccc(Br)c([N+](=O)[O-])c1)NC1CCCCC1. The predicted octanol–water partition coefficient (Wildman–Crippen LogP) is 3.81. The molecule has 2 rings (SSSR count). The summed E-state index contributed by atoms with van der Waals surface area (Å²) in [5, 5.41) is 16.4. The van der Waals surface area contributed by atoms with Gasteiger partial charge >= 0.3 is 6.03 Å². The van der Waals surface area contributed by atoms with E-state index in [4.69, 9.17) is 0 Å². The van der Waals surface area contributed by atoms with Crippen molar-refractivity contribution in [3.05, 3.63) is 32.8 Å². The molecule has 0 radical (unpaired) electrons. The summed E-state index contributed by atoms with van der Waals surface area (Å²) in [6, 6.07) is 4.40.